The van der Waals surface area contributed by atoms with Crippen LogP contribution in [-0.4, -0.2) is 17.9 Å². The molecule has 0 unspecified atom stereocenters. The fraction of sp³-hybridized carbons (Fsp3) is 0.176. The normalized spacial score (nSPS) is 10.8. The Morgan fingerprint density at radius 3 is 2.77 bits per heavy atom. The van der Waals surface area contributed by atoms with Crippen molar-refractivity contribution in [1.29, 1.82) is 0 Å². The first-order valence-electron chi connectivity index (χ1n) is 6.84. The molecule has 0 atom stereocenters. The minimum absolute atomic E-state index is 0.0941. The van der Waals surface area contributed by atoms with Crippen LogP contribution in [0.3, 0.4) is 0 Å². The number of benzene rings is 2. The van der Waals surface area contributed by atoms with E-state index in [1.165, 1.54) is 11.1 Å². The lowest BCUT2D eigenvalue weighted by atomic mass is 10.2. The molecule has 0 fully saturated rings. The number of thioether (sulfide) groups is 1. The SMILES string of the molecule is Cc1ccc(CSCC(=O)N/N=C\c2cccc(Br)c2)cc1. The van der Waals surface area contributed by atoms with Crippen LogP contribution in [0.5, 0.6) is 0 Å². The largest absolute Gasteiger partial charge is 0.272 e. The van der Waals surface area contributed by atoms with E-state index in [4.69, 9.17) is 0 Å². The maximum atomic E-state index is 11.7. The molecule has 114 valence electrons. The molecule has 2 rings (SSSR count). The lowest BCUT2D eigenvalue weighted by molar-refractivity contribution is -0.118. The number of halogens is 1. The quantitative estimate of drug-likeness (QED) is 0.607. The average Bonchev–Trinajstić information content (AvgIpc) is 2.49. The molecule has 0 radical (unpaired) electrons. The summed E-state index contributed by atoms with van der Waals surface area (Å²) in [4.78, 5) is 11.7. The maximum absolute atomic E-state index is 11.7. The number of nitrogens with zero attached hydrogens (tertiary/aromatic N) is 1. The van der Waals surface area contributed by atoms with Gasteiger partial charge in [0, 0.05) is 10.2 Å². The minimum Gasteiger partial charge on any atom is -0.272 e. The molecule has 2 aromatic rings. The van der Waals surface area contributed by atoms with Gasteiger partial charge in [-0.15, -0.1) is 11.8 Å². The highest BCUT2D eigenvalue weighted by molar-refractivity contribution is 9.10. The van der Waals surface area contributed by atoms with Gasteiger partial charge in [0.1, 0.15) is 0 Å². The summed E-state index contributed by atoms with van der Waals surface area (Å²) >= 11 is 4.97. The smallest absolute Gasteiger partial charge is 0.250 e. The molecular weight excluding hydrogens is 360 g/mol. The summed E-state index contributed by atoms with van der Waals surface area (Å²) < 4.78 is 0.983. The van der Waals surface area contributed by atoms with E-state index in [-0.39, 0.29) is 5.91 Å². The Morgan fingerprint density at radius 1 is 1.27 bits per heavy atom. The molecule has 0 saturated heterocycles. The van der Waals surface area contributed by atoms with Gasteiger partial charge in [0.15, 0.2) is 0 Å². The van der Waals surface area contributed by atoms with Gasteiger partial charge in [-0.2, -0.15) is 5.10 Å². The molecule has 0 aliphatic rings. The highest BCUT2D eigenvalue weighted by Crippen LogP contribution is 2.12. The lowest BCUT2D eigenvalue weighted by Crippen LogP contribution is -2.19. The van der Waals surface area contributed by atoms with Crippen LogP contribution in [0.25, 0.3) is 0 Å². The summed E-state index contributed by atoms with van der Waals surface area (Å²) in [6.45, 7) is 2.06. The fourth-order valence-electron chi connectivity index (χ4n) is 1.74. The highest BCUT2D eigenvalue weighted by Gasteiger charge is 2.00. The van der Waals surface area contributed by atoms with E-state index < -0.39 is 0 Å². The first-order chi connectivity index (χ1) is 10.6. The van der Waals surface area contributed by atoms with Gasteiger partial charge in [-0.05, 0) is 30.2 Å². The Morgan fingerprint density at radius 2 is 2.05 bits per heavy atom. The van der Waals surface area contributed by atoms with Crippen molar-refractivity contribution in [2.75, 3.05) is 5.75 Å². The third-order valence-corrected chi connectivity index (χ3v) is 4.37. The van der Waals surface area contributed by atoms with Crippen LogP contribution >= 0.6 is 27.7 Å². The molecule has 0 heterocycles. The molecule has 0 spiro atoms. The molecule has 0 aromatic heterocycles. The number of carbonyl (C=O) groups is 1. The van der Waals surface area contributed by atoms with Crippen molar-refractivity contribution < 1.29 is 4.79 Å². The van der Waals surface area contributed by atoms with Crippen molar-refractivity contribution in [3.8, 4) is 0 Å². The first kappa shape index (κ1) is 16.8. The predicted octanol–water partition coefficient (Wildman–Crippen LogP) is 4.14. The average molecular weight is 377 g/mol. The molecule has 0 aliphatic carbocycles. The van der Waals surface area contributed by atoms with Gasteiger partial charge < -0.3 is 0 Å². The number of hydrogen-bond donors (Lipinski definition) is 1. The number of carbonyl (C=O) groups excluding carboxylic acids is 1. The molecule has 3 nitrogen and oxygen atoms in total. The van der Waals surface area contributed by atoms with E-state index in [2.05, 4.69) is 57.6 Å². The molecule has 0 aliphatic heterocycles. The highest BCUT2D eigenvalue weighted by atomic mass is 79.9. The minimum atomic E-state index is -0.0941. The molecule has 1 amide bonds. The molecular formula is C17H17BrN2OS. The van der Waals surface area contributed by atoms with Crippen molar-refractivity contribution in [1.82, 2.24) is 5.43 Å². The van der Waals surface area contributed by atoms with Crippen LogP contribution < -0.4 is 5.43 Å². The number of amides is 1. The van der Waals surface area contributed by atoms with E-state index >= 15 is 0 Å². The zero-order valence-corrected chi connectivity index (χ0v) is 14.7. The number of nitrogens with one attached hydrogen (secondary N) is 1. The van der Waals surface area contributed by atoms with E-state index in [1.807, 2.05) is 24.3 Å². The molecule has 22 heavy (non-hydrogen) atoms. The number of hydrogen-bond acceptors (Lipinski definition) is 3. The van der Waals surface area contributed by atoms with Gasteiger partial charge in [0.25, 0.3) is 0 Å². The van der Waals surface area contributed by atoms with E-state index in [0.29, 0.717) is 5.75 Å². The molecule has 1 N–H and O–H groups in total. The Balaban J connectivity index is 1.70. The van der Waals surface area contributed by atoms with E-state index in [9.17, 15) is 4.79 Å². The van der Waals surface area contributed by atoms with Crippen molar-refractivity contribution in [2.45, 2.75) is 12.7 Å². The summed E-state index contributed by atoms with van der Waals surface area (Å²) in [6.07, 6.45) is 1.63. The lowest BCUT2D eigenvalue weighted by Gasteiger charge is -2.02. The van der Waals surface area contributed by atoms with Gasteiger partial charge in [-0.3, -0.25) is 4.79 Å². The number of aryl methyl sites for hydroxylation is 1. The second-order valence-corrected chi connectivity index (χ2v) is 6.73. The number of hydrazone groups is 1. The third-order valence-electron chi connectivity index (χ3n) is 2.87. The van der Waals surface area contributed by atoms with Crippen LogP contribution in [0.15, 0.2) is 58.1 Å². The predicted molar refractivity (Wildman–Crippen MR) is 97.2 cm³/mol. The zero-order chi connectivity index (χ0) is 15.8. The van der Waals surface area contributed by atoms with Crippen molar-refractivity contribution in [2.24, 2.45) is 5.10 Å². The standard InChI is InChI=1S/C17H17BrN2OS/c1-13-5-7-14(8-6-13)11-22-12-17(21)20-19-10-15-3-2-4-16(18)9-15/h2-10H,11-12H2,1H3,(H,20,21)/b19-10-. The Labute approximate surface area is 143 Å². The Bertz CT molecular complexity index is 656. The summed E-state index contributed by atoms with van der Waals surface area (Å²) in [5, 5.41) is 3.96. The summed E-state index contributed by atoms with van der Waals surface area (Å²) in [6, 6.07) is 16.1. The van der Waals surface area contributed by atoms with Gasteiger partial charge >= 0.3 is 0 Å². The molecule has 5 heteroatoms. The maximum Gasteiger partial charge on any atom is 0.250 e. The van der Waals surface area contributed by atoms with Gasteiger partial charge in [-0.1, -0.05) is 57.9 Å². The van der Waals surface area contributed by atoms with Crippen LogP contribution in [0.2, 0.25) is 0 Å². The van der Waals surface area contributed by atoms with E-state index in [1.54, 1.807) is 18.0 Å². The van der Waals surface area contributed by atoms with Crippen molar-refractivity contribution in [3.05, 3.63) is 69.7 Å². The molecule has 0 saturated carbocycles. The van der Waals surface area contributed by atoms with Gasteiger partial charge in [0.05, 0.1) is 12.0 Å². The first-order valence-corrected chi connectivity index (χ1v) is 8.79. The van der Waals surface area contributed by atoms with Crippen LogP contribution in [0, 0.1) is 6.92 Å². The summed E-state index contributed by atoms with van der Waals surface area (Å²) in [5.41, 5.74) is 5.94. The summed E-state index contributed by atoms with van der Waals surface area (Å²) in [7, 11) is 0. The van der Waals surface area contributed by atoms with Crippen molar-refractivity contribution in [3.63, 3.8) is 0 Å². The zero-order valence-electron chi connectivity index (χ0n) is 12.3. The molecule has 0 bridgehead atoms. The Hall–Kier alpha value is -1.59. The van der Waals surface area contributed by atoms with Crippen molar-refractivity contribution >= 4 is 39.8 Å². The molecule has 2 aromatic carbocycles. The fourth-order valence-corrected chi connectivity index (χ4v) is 2.94. The summed E-state index contributed by atoms with van der Waals surface area (Å²) in [5.74, 6) is 1.12. The van der Waals surface area contributed by atoms with Crippen LogP contribution in [0.1, 0.15) is 16.7 Å². The van der Waals surface area contributed by atoms with Gasteiger partial charge in [0.2, 0.25) is 5.91 Å². The Kier molecular flexibility index (Phi) is 6.68. The van der Waals surface area contributed by atoms with Gasteiger partial charge in [-0.25, -0.2) is 5.43 Å². The second-order valence-electron chi connectivity index (χ2n) is 4.83. The topological polar surface area (TPSA) is 41.5 Å². The van der Waals surface area contributed by atoms with E-state index in [0.717, 1.165) is 15.8 Å². The van der Waals surface area contributed by atoms with Crippen LogP contribution in [0.4, 0.5) is 0 Å². The third kappa shape index (κ3) is 6.03. The number of rotatable bonds is 6. The second kappa shape index (κ2) is 8.76. The van der Waals surface area contributed by atoms with Crippen LogP contribution in [-0.2, 0) is 10.5 Å². The monoisotopic (exact) mass is 376 g/mol.